The van der Waals surface area contributed by atoms with Gasteiger partial charge in [-0.2, -0.15) is 0 Å². The van der Waals surface area contributed by atoms with Crippen LogP contribution in [0.5, 0.6) is 0 Å². The van der Waals surface area contributed by atoms with Gasteiger partial charge in [0.15, 0.2) is 5.96 Å². The highest BCUT2D eigenvalue weighted by atomic mass is 19.1. The van der Waals surface area contributed by atoms with Crippen LogP contribution in [0.4, 0.5) is 4.39 Å². The fourth-order valence-corrected chi connectivity index (χ4v) is 1.89. The number of nitrogens with zero attached hydrogens (tertiary/aromatic N) is 1. The number of guanidine groups is 1. The van der Waals surface area contributed by atoms with Crippen molar-refractivity contribution in [3.05, 3.63) is 35.6 Å². The van der Waals surface area contributed by atoms with Crippen molar-refractivity contribution in [1.29, 1.82) is 0 Å². The summed E-state index contributed by atoms with van der Waals surface area (Å²) >= 11 is 0. The smallest absolute Gasteiger partial charge is 0.191 e. The molecule has 0 saturated carbocycles. The average molecular weight is 265 g/mol. The largest absolute Gasteiger partial charge is 0.380 e. The van der Waals surface area contributed by atoms with Gasteiger partial charge < -0.3 is 15.4 Å². The molecule has 1 aliphatic heterocycles. The second-order valence-corrected chi connectivity index (χ2v) is 5.17. The molecule has 2 rings (SSSR count). The van der Waals surface area contributed by atoms with E-state index in [0.717, 1.165) is 19.8 Å². The molecule has 104 valence electrons. The summed E-state index contributed by atoms with van der Waals surface area (Å²) in [6.07, 6.45) is 0. The monoisotopic (exact) mass is 265 g/mol. The Morgan fingerprint density at radius 2 is 2.11 bits per heavy atom. The second-order valence-electron chi connectivity index (χ2n) is 5.17. The summed E-state index contributed by atoms with van der Waals surface area (Å²) in [7, 11) is 1.70. The molecule has 1 aromatic carbocycles. The van der Waals surface area contributed by atoms with E-state index >= 15 is 0 Å². The molecule has 1 aliphatic rings. The Hall–Kier alpha value is -1.62. The number of aliphatic imine (C=N–C) groups is 1. The van der Waals surface area contributed by atoms with Gasteiger partial charge in [0.1, 0.15) is 5.82 Å². The first kappa shape index (κ1) is 13.8. The Balaban J connectivity index is 1.81. The molecule has 1 saturated heterocycles. The maximum atomic E-state index is 13.5. The highest BCUT2D eigenvalue weighted by Crippen LogP contribution is 2.24. The van der Waals surface area contributed by atoms with Crippen LogP contribution in [0.25, 0.3) is 0 Å². The molecule has 0 unspecified atom stereocenters. The van der Waals surface area contributed by atoms with Crippen molar-refractivity contribution < 1.29 is 9.13 Å². The van der Waals surface area contributed by atoms with E-state index in [1.165, 1.54) is 6.07 Å². The molecule has 0 aliphatic carbocycles. The summed E-state index contributed by atoms with van der Waals surface area (Å²) in [6.45, 7) is 4.91. The van der Waals surface area contributed by atoms with Crippen molar-refractivity contribution in [2.24, 2.45) is 10.4 Å². The highest BCUT2D eigenvalue weighted by molar-refractivity contribution is 5.79. The molecule has 5 heteroatoms. The van der Waals surface area contributed by atoms with Crippen LogP contribution in [0.2, 0.25) is 0 Å². The van der Waals surface area contributed by atoms with Crippen molar-refractivity contribution in [3.8, 4) is 0 Å². The molecular formula is C14H20FN3O. The van der Waals surface area contributed by atoms with E-state index in [-0.39, 0.29) is 11.2 Å². The van der Waals surface area contributed by atoms with Crippen LogP contribution >= 0.6 is 0 Å². The van der Waals surface area contributed by atoms with E-state index < -0.39 is 0 Å². The van der Waals surface area contributed by atoms with E-state index in [4.69, 9.17) is 4.74 Å². The zero-order chi connectivity index (χ0) is 13.7. The molecule has 1 fully saturated rings. The number of rotatable bonds is 4. The van der Waals surface area contributed by atoms with Crippen LogP contribution in [0, 0.1) is 11.2 Å². The Kier molecular flexibility index (Phi) is 4.37. The second kappa shape index (κ2) is 6.02. The molecule has 0 spiro atoms. The fourth-order valence-electron chi connectivity index (χ4n) is 1.89. The van der Waals surface area contributed by atoms with Gasteiger partial charge in [-0.05, 0) is 6.07 Å². The molecular weight excluding hydrogens is 245 g/mol. The lowest BCUT2D eigenvalue weighted by molar-refractivity contribution is -0.0971. The summed E-state index contributed by atoms with van der Waals surface area (Å²) in [5.41, 5.74) is 0.805. The molecule has 1 aromatic rings. The number of nitrogens with one attached hydrogen (secondary N) is 2. The predicted octanol–water partition coefficient (Wildman–Crippen LogP) is 1.53. The minimum atomic E-state index is -0.204. The normalized spacial score (nSPS) is 17.7. The average Bonchev–Trinajstić information content (AvgIpc) is 2.38. The first-order valence-corrected chi connectivity index (χ1v) is 6.39. The molecule has 19 heavy (non-hydrogen) atoms. The standard InChI is InChI=1S/C14H20FN3O/c1-14(9-19-10-14)8-18-13(16-2)17-7-11-5-3-4-6-12(11)15/h3-6H,7-10H2,1-2H3,(H2,16,17,18). The molecule has 0 aromatic heterocycles. The van der Waals surface area contributed by atoms with E-state index in [9.17, 15) is 4.39 Å². The Morgan fingerprint density at radius 3 is 2.68 bits per heavy atom. The van der Waals surface area contributed by atoms with Crippen LogP contribution in [-0.2, 0) is 11.3 Å². The van der Waals surface area contributed by atoms with Gasteiger partial charge in [-0.1, -0.05) is 25.1 Å². The van der Waals surface area contributed by atoms with E-state index in [1.807, 2.05) is 6.07 Å². The summed E-state index contributed by atoms with van der Waals surface area (Å²) < 4.78 is 18.7. The maximum Gasteiger partial charge on any atom is 0.191 e. The zero-order valence-corrected chi connectivity index (χ0v) is 11.4. The number of benzene rings is 1. The van der Waals surface area contributed by atoms with Gasteiger partial charge in [0.25, 0.3) is 0 Å². The van der Waals surface area contributed by atoms with Gasteiger partial charge in [-0.15, -0.1) is 0 Å². The Bertz CT molecular complexity index is 458. The summed E-state index contributed by atoms with van der Waals surface area (Å²) in [4.78, 5) is 4.13. The van der Waals surface area contributed by atoms with Gasteiger partial charge >= 0.3 is 0 Å². The number of hydrogen-bond acceptors (Lipinski definition) is 2. The minimum Gasteiger partial charge on any atom is -0.380 e. The number of ether oxygens (including phenoxy) is 1. The van der Waals surface area contributed by atoms with Crippen molar-refractivity contribution in [3.63, 3.8) is 0 Å². The van der Waals surface area contributed by atoms with Crippen molar-refractivity contribution >= 4 is 5.96 Å². The molecule has 0 bridgehead atoms. The summed E-state index contributed by atoms with van der Waals surface area (Å²) in [5, 5.41) is 6.34. The van der Waals surface area contributed by atoms with E-state index in [1.54, 1.807) is 19.2 Å². The molecule has 1 heterocycles. The molecule has 2 N–H and O–H groups in total. The number of halogens is 1. The third-order valence-corrected chi connectivity index (χ3v) is 3.21. The van der Waals surface area contributed by atoms with E-state index in [0.29, 0.717) is 18.1 Å². The first-order chi connectivity index (χ1) is 9.13. The van der Waals surface area contributed by atoms with Crippen molar-refractivity contribution in [2.75, 3.05) is 26.8 Å². The van der Waals surface area contributed by atoms with Gasteiger partial charge in [0.05, 0.1) is 13.2 Å². The SMILES string of the molecule is CN=C(NCc1ccccc1F)NCC1(C)COC1. The molecule has 0 atom stereocenters. The fraction of sp³-hybridized carbons (Fsp3) is 0.500. The zero-order valence-electron chi connectivity index (χ0n) is 11.4. The molecule has 4 nitrogen and oxygen atoms in total. The van der Waals surface area contributed by atoms with E-state index in [2.05, 4.69) is 22.5 Å². The lowest BCUT2D eigenvalue weighted by Gasteiger charge is -2.38. The molecule has 0 radical (unpaired) electrons. The lowest BCUT2D eigenvalue weighted by Crippen LogP contribution is -2.50. The summed E-state index contributed by atoms with van der Waals surface area (Å²) in [5.74, 6) is 0.473. The van der Waals surface area contributed by atoms with Crippen LogP contribution < -0.4 is 10.6 Å². The van der Waals surface area contributed by atoms with Gasteiger partial charge in [-0.3, -0.25) is 4.99 Å². The molecule has 0 amide bonds. The van der Waals surface area contributed by atoms with Crippen LogP contribution in [0.15, 0.2) is 29.3 Å². The van der Waals surface area contributed by atoms with Crippen LogP contribution in [0.1, 0.15) is 12.5 Å². The summed E-state index contributed by atoms with van der Waals surface area (Å²) in [6, 6.07) is 6.73. The Labute approximate surface area is 113 Å². The van der Waals surface area contributed by atoms with Crippen molar-refractivity contribution in [1.82, 2.24) is 10.6 Å². The highest BCUT2D eigenvalue weighted by Gasteiger charge is 2.33. The third kappa shape index (κ3) is 3.67. The predicted molar refractivity (Wildman–Crippen MR) is 73.5 cm³/mol. The van der Waals surface area contributed by atoms with Gasteiger partial charge in [-0.25, -0.2) is 4.39 Å². The number of hydrogen-bond donors (Lipinski definition) is 2. The first-order valence-electron chi connectivity index (χ1n) is 6.39. The van der Waals surface area contributed by atoms with Crippen molar-refractivity contribution in [2.45, 2.75) is 13.5 Å². The Morgan fingerprint density at radius 1 is 1.37 bits per heavy atom. The van der Waals surface area contributed by atoms with Gasteiger partial charge in [0.2, 0.25) is 0 Å². The minimum absolute atomic E-state index is 0.176. The maximum absolute atomic E-state index is 13.5. The topological polar surface area (TPSA) is 45.7 Å². The van der Waals surface area contributed by atoms with Crippen LogP contribution in [-0.4, -0.2) is 32.8 Å². The quantitative estimate of drug-likeness (QED) is 0.641. The third-order valence-electron chi connectivity index (χ3n) is 3.21. The van der Waals surface area contributed by atoms with Crippen LogP contribution in [0.3, 0.4) is 0 Å². The lowest BCUT2D eigenvalue weighted by atomic mass is 9.89. The van der Waals surface area contributed by atoms with Gasteiger partial charge in [0, 0.05) is 31.1 Å².